The summed E-state index contributed by atoms with van der Waals surface area (Å²) in [6.07, 6.45) is 3.12. The van der Waals surface area contributed by atoms with E-state index < -0.39 is 11.1 Å². The Morgan fingerprint density at radius 2 is 1.90 bits per heavy atom. The van der Waals surface area contributed by atoms with Crippen molar-refractivity contribution in [2.24, 2.45) is 7.05 Å². The molecule has 0 amide bonds. The van der Waals surface area contributed by atoms with Gasteiger partial charge in [-0.2, -0.15) is 0 Å². The van der Waals surface area contributed by atoms with E-state index in [1.807, 2.05) is 30.3 Å². The lowest BCUT2D eigenvalue weighted by molar-refractivity contribution is 0.695. The molecule has 0 aliphatic rings. The molecule has 3 aromatic rings. The molecule has 21 heavy (non-hydrogen) atoms. The third kappa shape index (κ3) is 2.31. The fourth-order valence-corrected chi connectivity index (χ4v) is 2.20. The van der Waals surface area contributed by atoms with Gasteiger partial charge in [0, 0.05) is 30.4 Å². The molecule has 0 atom stereocenters. The summed E-state index contributed by atoms with van der Waals surface area (Å²) in [5.41, 5.74) is 6.31. The van der Waals surface area contributed by atoms with Gasteiger partial charge in [0.05, 0.1) is 12.1 Å². The fourth-order valence-electron chi connectivity index (χ4n) is 2.20. The number of aryl methyl sites for hydroxylation is 1. The van der Waals surface area contributed by atoms with Crippen LogP contribution in [0, 0.1) is 0 Å². The van der Waals surface area contributed by atoms with Crippen LogP contribution in [-0.4, -0.2) is 14.1 Å². The fraction of sp³-hybridized carbons (Fsp3) is 0.133. The molecule has 0 bridgehead atoms. The minimum Gasteiger partial charge on any atom is -0.383 e. The van der Waals surface area contributed by atoms with Gasteiger partial charge >= 0.3 is 11.1 Å². The molecule has 2 N–H and O–H groups in total. The second-order valence-electron chi connectivity index (χ2n) is 4.87. The Kier molecular flexibility index (Phi) is 3.06. The zero-order valence-electron chi connectivity index (χ0n) is 11.5. The molecule has 6 heteroatoms. The molecule has 2 heterocycles. The molecule has 0 radical (unpaired) electrons. The Bertz CT molecular complexity index is 940. The molecule has 0 unspecified atom stereocenters. The van der Waals surface area contributed by atoms with Crippen LogP contribution in [0.5, 0.6) is 0 Å². The van der Waals surface area contributed by atoms with E-state index in [9.17, 15) is 9.59 Å². The van der Waals surface area contributed by atoms with Gasteiger partial charge in [-0.3, -0.25) is 9.59 Å². The van der Waals surface area contributed by atoms with E-state index in [0.717, 1.165) is 10.9 Å². The summed E-state index contributed by atoms with van der Waals surface area (Å²) in [5, 5.41) is 0.943. The van der Waals surface area contributed by atoms with E-state index in [4.69, 9.17) is 5.73 Å². The Balaban J connectivity index is 2.10. The van der Waals surface area contributed by atoms with Crippen molar-refractivity contribution in [3.63, 3.8) is 0 Å². The molecule has 6 nitrogen and oxygen atoms in total. The smallest absolute Gasteiger partial charge is 0.316 e. The Morgan fingerprint density at radius 1 is 1.14 bits per heavy atom. The third-order valence-electron chi connectivity index (χ3n) is 3.41. The van der Waals surface area contributed by atoms with Gasteiger partial charge in [-0.1, -0.05) is 18.2 Å². The van der Waals surface area contributed by atoms with Gasteiger partial charge in [-0.25, -0.2) is 4.98 Å². The van der Waals surface area contributed by atoms with Gasteiger partial charge < -0.3 is 14.9 Å². The molecule has 106 valence electrons. The Morgan fingerprint density at radius 3 is 2.71 bits per heavy atom. The molecule has 0 saturated heterocycles. The Hall–Kier alpha value is -2.89. The van der Waals surface area contributed by atoms with E-state index in [-0.39, 0.29) is 6.54 Å². The summed E-state index contributed by atoms with van der Waals surface area (Å²) in [6.45, 7) is 0.221. The van der Waals surface area contributed by atoms with Gasteiger partial charge in [0.1, 0.15) is 5.82 Å². The third-order valence-corrected chi connectivity index (χ3v) is 3.41. The summed E-state index contributed by atoms with van der Waals surface area (Å²) in [7, 11) is 1.54. The zero-order valence-corrected chi connectivity index (χ0v) is 11.5. The Labute approximate surface area is 120 Å². The van der Waals surface area contributed by atoms with E-state index in [0.29, 0.717) is 11.4 Å². The highest BCUT2D eigenvalue weighted by molar-refractivity contribution is 5.81. The van der Waals surface area contributed by atoms with Crippen molar-refractivity contribution in [3.8, 4) is 0 Å². The van der Waals surface area contributed by atoms with Crippen LogP contribution in [0.2, 0.25) is 0 Å². The number of rotatable bonds is 2. The van der Waals surface area contributed by atoms with Gasteiger partial charge in [-0.05, 0) is 12.1 Å². The van der Waals surface area contributed by atoms with Crippen molar-refractivity contribution in [2.75, 3.05) is 5.73 Å². The normalized spacial score (nSPS) is 10.9. The number of nitrogens with two attached hydrogens (primary N) is 1. The van der Waals surface area contributed by atoms with Crippen LogP contribution in [0.3, 0.4) is 0 Å². The molecular formula is C15H14N4O2. The average molecular weight is 282 g/mol. The van der Waals surface area contributed by atoms with Crippen LogP contribution < -0.4 is 16.9 Å². The number of nitrogen functional groups attached to an aromatic ring is 1. The molecule has 0 aliphatic carbocycles. The average Bonchev–Trinajstić information content (AvgIpc) is 2.48. The predicted molar refractivity (Wildman–Crippen MR) is 81.2 cm³/mol. The van der Waals surface area contributed by atoms with Crippen LogP contribution in [-0.2, 0) is 13.6 Å². The maximum Gasteiger partial charge on any atom is 0.316 e. The highest BCUT2D eigenvalue weighted by Gasteiger charge is 2.08. The lowest BCUT2D eigenvalue weighted by atomic mass is 10.1. The number of fused-ring (bicyclic) bond motifs is 1. The first-order valence-corrected chi connectivity index (χ1v) is 6.46. The molecule has 0 fully saturated rings. The molecule has 0 aliphatic heterocycles. The van der Waals surface area contributed by atoms with E-state index >= 15 is 0 Å². The molecule has 0 saturated carbocycles. The van der Waals surface area contributed by atoms with Gasteiger partial charge in [-0.15, -0.1) is 0 Å². The summed E-state index contributed by atoms with van der Waals surface area (Å²) in [6, 6.07) is 9.49. The van der Waals surface area contributed by atoms with Crippen LogP contribution in [0.4, 0.5) is 5.82 Å². The number of nitrogens with zero attached hydrogens (tertiary/aromatic N) is 3. The van der Waals surface area contributed by atoms with E-state index in [2.05, 4.69) is 4.98 Å². The standard InChI is InChI=1S/C15H14N4O2/c1-18-6-7-19(15(21)14(18)20)9-11-8-10-4-2-3-5-12(10)17-13(11)16/h2-8H,9H2,1H3,(H2,16,17). The van der Waals surface area contributed by atoms with E-state index in [1.54, 1.807) is 19.4 Å². The maximum atomic E-state index is 11.9. The minimum atomic E-state index is -0.576. The number of hydrogen-bond acceptors (Lipinski definition) is 4. The van der Waals surface area contributed by atoms with Gasteiger partial charge in [0.15, 0.2) is 0 Å². The summed E-state index contributed by atoms with van der Waals surface area (Å²) >= 11 is 0. The van der Waals surface area contributed by atoms with Crippen molar-refractivity contribution in [2.45, 2.75) is 6.54 Å². The highest BCUT2D eigenvalue weighted by Crippen LogP contribution is 2.18. The van der Waals surface area contributed by atoms with Crippen LogP contribution >= 0.6 is 0 Å². The molecular weight excluding hydrogens is 268 g/mol. The quantitative estimate of drug-likeness (QED) is 0.702. The monoisotopic (exact) mass is 282 g/mol. The van der Waals surface area contributed by atoms with Crippen LogP contribution in [0.25, 0.3) is 10.9 Å². The number of pyridine rings is 1. The van der Waals surface area contributed by atoms with Crippen molar-refractivity contribution in [1.29, 1.82) is 0 Å². The van der Waals surface area contributed by atoms with E-state index in [1.165, 1.54) is 9.13 Å². The van der Waals surface area contributed by atoms with Gasteiger partial charge in [0.2, 0.25) is 0 Å². The number of hydrogen-bond donors (Lipinski definition) is 1. The number of benzene rings is 1. The largest absolute Gasteiger partial charge is 0.383 e. The van der Waals surface area contributed by atoms with Crippen molar-refractivity contribution in [1.82, 2.24) is 14.1 Å². The van der Waals surface area contributed by atoms with Crippen molar-refractivity contribution >= 4 is 16.7 Å². The second-order valence-corrected chi connectivity index (χ2v) is 4.87. The minimum absolute atomic E-state index is 0.221. The lowest BCUT2D eigenvalue weighted by Gasteiger charge is -2.09. The lowest BCUT2D eigenvalue weighted by Crippen LogP contribution is -2.39. The SMILES string of the molecule is Cn1ccn(Cc2cc3ccccc3nc2N)c(=O)c1=O. The first kappa shape index (κ1) is 13.1. The molecule has 1 aromatic carbocycles. The maximum absolute atomic E-state index is 11.9. The summed E-state index contributed by atoms with van der Waals surface area (Å²) in [4.78, 5) is 27.9. The van der Waals surface area contributed by atoms with Crippen LogP contribution in [0.1, 0.15) is 5.56 Å². The molecule has 2 aromatic heterocycles. The number of aromatic nitrogens is 3. The van der Waals surface area contributed by atoms with Crippen molar-refractivity contribution < 1.29 is 0 Å². The molecule has 0 spiro atoms. The van der Waals surface area contributed by atoms with Crippen molar-refractivity contribution in [3.05, 3.63) is 69.0 Å². The topological polar surface area (TPSA) is 82.9 Å². The highest BCUT2D eigenvalue weighted by atomic mass is 16.2. The first-order chi connectivity index (χ1) is 10.1. The second kappa shape index (κ2) is 4.90. The summed E-state index contributed by atoms with van der Waals surface area (Å²) < 4.78 is 2.59. The summed E-state index contributed by atoms with van der Waals surface area (Å²) in [5.74, 6) is 0.362. The zero-order chi connectivity index (χ0) is 15.0. The number of anilines is 1. The van der Waals surface area contributed by atoms with Crippen LogP contribution in [0.15, 0.2) is 52.3 Å². The number of para-hydroxylation sites is 1. The molecule has 3 rings (SSSR count). The first-order valence-electron chi connectivity index (χ1n) is 6.46. The predicted octanol–water partition coefficient (Wildman–Crippen LogP) is 0.726. The van der Waals surface area contributed by atoms with Gasteiger partial charge in [0.25, 0.3) is 0 Å².